The summed E-state index contributed by atoms with van der Waals surface area (Å²) in [5.74, 6) is 0.0386. The molecular formula is C17H22N4O2. The molecule has 0 bridgehead atoms. The number of benzene rings is 1. The quantitative estimate of drug-likeness (QED) is 0.876. The number of rotatable bonds is 5. The summed E-state index contributed by atoms with van der Waals surface area (Å²) in [5.41, 5.74) is 2.07. The Balaban J connectivity index is 1.55. The fourth-order valence-corrected chi connectivity index (χ4v) is 2.70. The molecule has 2 N–H and O–H groups in total. The lowest BCUT2D eigenvalue weighted by Crippen LogP contribution is -2.44. The molecular weight excluding hydrogens is 292 g/mol. The van der Waals surface area contributed by atoms with Crippen LogP contribution in [0.5, 0.6) is 0 Å². The molecule has 1 amide bonds. The van der Waals surface area contributed by atoms with Crippen molar-refractivity contribution in [3.63, 3.8) is 0 Å². The summed E-state index contributed by atoms with van der Waals surface area (Å²) in [6, 6.07) is 10.0. The van der Waals surface area contributed by atoms with Gasteiger partial charge in [0.1, 0.15) is 0 Å². The first kappa shape index (κ1) is 15.7. The zero-order chi connectivity index (χ0) is 16.1. The third-order valence-corrected chi connectivity index (χ3v) is 3.97. The number of ether oxygens (including phenoxy) is 1. The molecule has 6 heteroatoms. The van der Waals surface area contributed by atoms with Crippen LogP contribution in [0.25, 0.3) is 5.69 Å². The van der Waals surface area contributed by atoms with E-state index in [1.165, 1.54) is 0 Å². The third kappa shape index (κ3) is 4.18. The van der Waals surface area contributed by atoms with Crippen LogP contribution in [0, 0.1) is 0 Å². The predicted octanol–water partition coefficient (Wildman–Crippen LogP) is 1.43. The molecule has 3 rings (SSSR count). The molecule has 0 radical (unpaired) electrons. The van der Waals surface area contributed by atoms with Gasteiger partial charge in [0.05, 0.1) is 24.9 Å². The first-order valence-electron chi connectivity index (χ1n) is 7.93. The summed E-state index contributed by atoms with van der Waals surface area (Å²) in [7, 11) is 0. The van der Waals surface area contributed by atoms with Crippen LogP contribution in [0.4, 0.5) is 0 Å². The predicted molar refractivity (Wildman–Crippen MR) is 87.3 cm³/mol. The first-order valence-corrected chi connectivity index (χ1v) is 7.93. The van der Waals surface area contributed by atoms with Gasteiger partial charge in [-0.25, -0.2) is 4.68 Å². The van der Waals surface area contributed by atoms with Gasteiger partial charge in [-0.2, -0.15) is 5.10 Å². The highest BCUT2D eigenvalue weighted by atomic mass is 16.5. The van der Waals surface area contributed by atoms with E-state index in [9.17, 15) is 4.79 Å². The Hall–Kier alpha value is -2.18. The molecule has 1 saturated heterocycles. The Labute approximate surface area is 135 Å². The Morgan fingerprint density at radius 2 is 2.30 bits per heavy atom. The fourth-order valence-electron chi connectivity index (χ4n) is 2.70. The Bertz CT molecular complexity index is 619. The molecule has 1 aromatic carbocycles. The van der Waals surface area contributed by atoms with Crippen molar-refractivity contribution in [2.45, 2.75) is 25.4 Å². The van der Waals surface area contributed by atoms with Crippen molar-refractivity contribution in [1.82, 2.24) is 20.4 Å². The number of aromatic nitrogens is 2. The minimum Gasteiger partial charge on any atom is -0.378 e. The van der Waals surface area contributed by atoms with Gasteiger partial charge in [0.2, 0.25) is 5.91 Å². The lowest BCUT2D eigenvalue weighted by Gasteiger charge is -2.24. The van der Waals surface area contributed by atoms with Crippen LogP contribution in [-0.2, 0) is 9.53 Å². The van der Waals surface area contributed by atoms with Gasteiger partial charge in [0, 0.05) is 31.4 Å². The Kier molecular flexibility index (Phi) is 5.05. The van der Waals surface area contributed by atoms with Crippen molar-refractivity contribution in [2.24, 2.45) is 0 Å². The van der Waals surface area contributed by atoms with E-state index in [0.717, 1.165) is 24.4 Å². The molecule has 0 aliphatic carbocycles. The number of morpholine rings is 1. The van der Waals surface area contributed by atoms with Crippen LogP contribution in [0.2, 0.25) is 0 Å². The average molecular weight is 314 g/mol. The van der Waals surface area contributed by atoms with Crippen LogP contribution >= 0.6 is 0 Å². The second-order valence-corrected chi connectivity index (χ2v) is 5.76. The van der Waals surface area contributed by atoms with Gasteiger partial charge in [0.15, 0.2) is 0 Å². The Morgan fingerprint density at radius 1 is 1.48 bits per heavy atom. The van der Waals surface area contributed by atoms with Gasteiger partial charge < -0.3 is 15.4 Å². The second kappa shape index (κ2) is 7.39. The maximum atomic E-state index is 12.1. The highest BCUT2D eigenvalue weighted by Crippen LogP contribution is 2.15. The van der Waals surface area contributed by atoms with E-state index in [2.05, 4.69) is 15.7 Å². The molecule has 1 aliphatic heterocycles. The number of amides is 1. The smallest absolute Gasteiger partial charge is 0.222 e. The molecule has 0 saturated carbocycles. The van der Waals surface area contributed by atoms with Crippen molar-refractivity contribution >= 4 is 5.91 Å². The normalized spacial score (nSPS) is 19.3. The van der Waals surface area contributed by atoms with Crippen molar-refractivity contribution in [1.29, 1.82) is 0 Å². The van der Waals surface area contributed by atoms with E-state index in [1.54, 1.807) is 6.20 Å². The van der Waals surface area contributed by atoms with Gasteiger partial charge in [-0.1, -0.05) is 12.1 Å². The highest BCUT2D eigenvalue weighted by Gasteiger charge is 2.18. The number of nitrogens with one attached hydrogen (secondary N) is 2. The van der Waals surface area contributed by atoms with E-state index < -0.39 is 0 Å². The molecule has 2 aromatic rings. The third-order valence-electron chi connectivity index (χ3n) is 3.97. The van der Waals surface area contributed by atoms with E-state index in [0.29, 0.717) is 13.0 Å². The molecule has 0 spiro atoms. The number of hydrogen-bond acceptors (Lipinski definition) is 4. The van der Waals surface area contributed by atoms with Crippen molar-refractivity contribution in [2.75, 3.05) is 19.8 Å². The number of carbonyl (C=O) groups excluding carboxylic acids is 1. The highest BCUT2D eigenvalue weighted by molar-refractivity contribution is 5.77. The van der Waals surface area contributed by atoms with Crippen LogP contribution < -0.4 is 10.6 Å². The van der Waals surface area contributed by atoms with Crippen molar-refractivity contribution < 1.29 is 9.53 Å². The van der Waals surface area contributed by atoms with Crippen molar-refractivity contribution in [3.8, 4) is 5.69 Å². The second-order valence-electron chi connectivity index (χ2n) is 5.76. The SMILES string of the molecule is CC(NC(=O)CC1COCCN1)c1ccc(-n2cccn2)cc1. The van der Waals surface area contributed by atoms with Gasteiger partial charge in [0.25, 0.3) is 0 Å². The topological polar surface area (TPSA) is 68.2 Å². The Morgan fingerprint density at radius 3 is 2.96 bits per heavy atom. The summed E-state index contributed by atoms with van der Waals surface area (Å²) in [6.45, 7) is 4.12. The van der Waals surface area contributed by atoms with E-state index >= 15 is 0 Å². The van der Waals surface area contributed by atoms with Gasteiger partial charge in [-0.05, 0) is 30.7 Å². The van der Waals surface area contributed by atoms with E-state index in [4.69, 9.17) is 4.74 Å². The number of hydrogen-bond donors (Lipinski definition) is 2. The summed E-state index contributed by atoms with van der Waals surface area (Å²) in [4.78, 5) is 12.1. The first-order chi connectivity index (χ1) is 11.2. The van der Waals surface area contributed by atoms with Gasteiger partial charge >= 0.3 is 0 Å². The van der Waals surface area contributed by atoms with Gasteiger partial charge in [-0.15, -0.1) is 0 Å². The summed E-state index contributed by atoms with van der Waals surface area (Å²) in [6.07, 6.45) is 4.09. The monoisotopic (exact) mass is 314 g/mol. The zero-order valence-corrected chi connectivity index (χ0v) is 13.2. The molecule has 23 heavy (non-hydrogen) atoms. The lowest BCUT2D eigenvalue weighted by atomic mass is 10.1. The molecule has 2 unspecified atom stereocenters. The summed E-state index contributed by atoms with van der Waals surface area (Å²) in [5, 5.41) is 10.5. The summed E-state index contributed by atoms with van der Waals surface area (Å²) < 4.78 is 7.18. The maximum absolute atomic E-state index is 12.1. The van der Waals surface area contributed by atoms with Crippen molar-refractivity contribution in [3.05, 3.63) is 48.3 Å². The minimum absolute atomic E-state index is 0.0290. The maximum Gasteiger partial charge on any atom is 0.222 e. The van der Waals surface area contributed by atoms with Crippen LogP contribution in [0.1, 0.15) is 24.9 Å². The van der Waals surface area contributed by atoms with Crippen LogP contribution in [-0.4, -0.2) is 41.5 Å². The van der Waals surface area contributed by atoms with Crippen LogP contribution in [0.15, 0.2) is 42.7 Å². The number of carbonyl (C=O) groups is 1. The molecule has 122 valence electrons. The molecule has 1 aromatic heterocycles. The van der Waals surface area contributed by atoms with E-state index in [1.807, 2.05) is 48.1 Å². The van der Waals surface area contributed by atoms with E-state index in [-0.39, 0.29) is 18.0 Å². The van der Waals surface area contributed by atoms with Crippen LogP contribution in [0.3, 0.4) is 0 Å². The van der Waals surface area contributed by atoms with Gasteiger partial charge in [-0.3, -0.25) is 4.79 Å². The molecule has 6 nitrogen and oxygen atoms in total. The molecule has 2 atom stereocenters. The largest absolute Gasteiger partial charge is 0.378 e. The standard InChI is InChI=1S/C17H22N4O2/c1-13(20-17(22)11-15-12-23-10-8-18-15)14-3-5-16(6-4-14)21-9-2-7-19-21/h2-7,9,13,15,18H,8,10-12H2,1H3,(H,20,22). The minimum atomic E-state index is -0.0290. The lowest BCUT2D eigenvalue weighted by molar-refractivity contribution is -0.122. The zero-order valence-electron chi connectivity index (χ0n) is 13.2. The summed E-state index contributed by atoms with van der Waals surface area (Å²) >= 11 is 0. The molecule has 1 aliphatic rings. The average Bonchev–Trinajstić information content (AvgIpc) is 3.10. The molecule has 1 fully saturated rings. The fraction of sp³-hybridized carbons (Fsp3) is 0.412. The number of nitrogens with zero attached hydrogens (tertiary/aromatic N) is 2. The molecule has 2 heterocycles.